The average Bonchev–Trinajstić information content (AvgIpc) is 2.75. The van der Waals surface area contributed by atoms with E-state index in [2.05, 4.69) is 4.98 Å². The second kappa shape index (κ2) is 4.76. The van der Waals surface area contributed by atoms with Crippen molar-refractivity contribution in [3.63, 3.8) is 0 Å². The second-order valence-corrected chi connectivity index (χ2v) is 6.04. The van der Waals surface area contributed by atoms with Crippen molar-refractivity contribution in [3.05, 3.63) is 54.8 Å². The van der Waals surface area contributed by atoms with Gasteiger partial charge in [0.2, 0.25) is 0 Å². The van der Waals surface area contributed by atoms with Crippen LogP contribution in [0.3, 0.4) is 0 Å². The molecule has 0 spiro atoms. The molecule has 0 amide bonds. The molecule has 1 aromatic carbocycles. The van der Waals surface area contributed by atoms with E-state index in [1.807, 2.05) is 5.38 Å². The Hall–Kier alpha value is -1.14. The summed E-state index contributed by atoms with van der Waals surface area (Å²) in [5, 5.41) is 3.34. The monoisotopic (exact) mass is 328 g/mol. The highest BCUT2D eigenvalue weighted by Crippen LogP contribution is 2.22. The minimum absolute atomic E-state index is 0.182. The number of fused-ring (bicyclic) bond motifs is 1. The summed E-state index contributed by atoms with van der Waals surface area (Å²) in [6.45, 7) is 0. The van der Waals surface area contributed by atoms with E-state index in [1.54, 1.807) is 24.3 Å². The molecule has 2 aromatic heterocycles. The highest BCUT2D eigenvalue weighted by Gasteiger charge is 2.09. The third-order valence-corrected chi connectivity index (χ3v) is 4.18. The molecule has 0 saturated heterocycles. The van der Waals surface area contributed by atoms with Crippen molar-refractivity contribution in [3.8, 4) is 5.69 Å². The van der Waals surface area contributed by atoms with Crippen LogP contribution in [0.1, 0.15) is 0 Å². The van der Waals surface area contributed by atoms with Gasteiger partial charge in [-0.05, 0) is 41.9 Å². The van der Waals surface area contributed by atoms with Crippen LogP contribution in [0.25, 0.3) is 15.9 Å². The van der Waals surface area contributed by atoms with Crippen LogP contribution in [0, 0.1) is 4.77 Å². The van der Waals surface area contributed by atoms with E-state index in [0.717, 1.165) is 4.83 Å². The third kappa shape index (κ3) is 2.23. The van der Waals surface area contributed by atoms with E-state index in [4.69, 9.17) is 35.4 Å². The standard InChI is InChI=1S/C12H6Cl2N2OS2/c13-6-3-7(14)5-8(4-6)16-11(17)9-1-2-19-10(9)15-12(16)18/h1-5H,(H,15,18). The summed E-state index contributed by atoms with van der Waals surface area (Å²) >= 11 is 18.6. The van der Waals surface area contributed by atoms with Crippen LogP contribution in [0.2, 0.25) is 10.0 Å². The topological polar surface area (TPSA) is 37.8 Å². The SMILES string of the molecule is O=c1c2ccsc2[nH]c(=S)n1-c1cc(Cl)cc(Cl)c1. The molecule has 0 aliphatic carbocycles. The molecule has 19 heavy (non-hydrogen) atoms. The smallest absolute Gasteiger partial charge is 0.267 e. The lowest BCUT2D eigenvalue weighted by Crippen LogP contribution is -2.19. The number of hydrogen-bond acceptors (Lipinski definition) is 3. The van der Waals surface area contributed by atoms with Crippen LogP contribution < -0.4 is 5.56 Å². The van der Waals surface area contributed by atoms with Crippen molar-refractivity contribution in [2.75, 3.05) is 0 Å². The Morgan fingerprint density at radius 1 is 1.21 bits per heavy atom. The lowest BCUT2D eigenvalue weighted by atomic mass is 10.3. The van der Waals surface area contributed by atoms with Gasteiger partial charge in [0.1, 0.15) is 4.83 Å². The Morgan fingerprint density at radius 3 is 2.58 bits per heavy atom. The number of aromatic nitrogens is 2. The zero-order chi connectivity index (χ0) is 13.6. The number of H-pyrrole nitrogens is 1. The van der Waals surface area contributed by atoms with E-state index < -0.39 is 0 Å². The Labute approximate surface area is 127 Å². The number of halogens is 2. The van der Waals surface area contributed by atoms with Gasteiger partial charge in [0.25, 0.3) is 5.56 Å². The number of aromatic amines is 1. The third-order valence-electron chi connectivity index (χ3n) is 2.63. The van der Waals surface area contributed by atoms with Gasteiger partial charge in [-0.3, -0.25) is 9.36 Å². The summed E-state index contributed by atoms with van der Waals surface area (Å²) in [7, 11) is 0. The molecule has 0 atom stereocenters. The molecule has 0 aliphatic rings. The first-order valence-electron chi connectivity index (χ1n) is 5.25. The first-order valence-corrected chi connectivity index (χ1v) is 7.29. The number of thiophene rings is 1. The van der Waals surface area contributed by atoms with Gasteiger partial charge < -0.3 is 4.98 Å². The quantitative estimate of drug-likeness (QED) is 0.671. The molecular formula is C12H6Cl2N2OS2. The maximum absolute atomic E-state index is 12.4. The Morgan fingerprint density at radius 2 is 1.89 bits per heavy atom. The summed E-state index contributed by atoms with van der Waals surface area (Å²) in [5.41, 5.74) is 0.371. The summed E-state index contributed by atoms with van der Waals surface area (Å²) in [6, 6.07) is 6.66. The first kappa shape index (κ1) is 12.9. The highest BCUT2D eigenvalue weighted by atomic mass is 35.5. The van der Waals surface area contributed by atoms with Gasteiger partial charge in [-0.2, -0.15) is 0 Å². The van der Waals surface area contributed by atoms with Crippen LogP contribution in [0.15, 0.2) is 34.4 Å². The molecule has 0 saturated carbocycles. The Bertz CT molecular complexity index is 874. The van der Waals surface area contributed by atoms with Crippen LogP contribution in [-0.4, -0.2) is 9.55 Å². The molecule has 7 heteroatoms. The van der Waals surface area contributed by atoms with Gasteiger partial charge in [-0.15, -0.1) is 11.3 Å². The van der Waals surface area contributed by atoms with Gasteiger partial charge in [-0.25, -0.2) is 0 Å². The average molecular weight is 329 g/mol. The van der Waals surface area contributed by atoms with Crippen LogP contribution in [0.4, 0.5) is 0 Å². The highest BCUT2D eigenvalue weighted by molar-refractivity contribution is 7.71. The molecular weight excluding hydrogens is 323 g/mol. The molecule has 1 N–H and O–H groups in total. The van der Waals surface area contributed by atoms with E-state index in [0.29, 0.717) is 25.9 Å². The van der Waals surface area contributed by atoms with E-state index in [-0.39, 0.29) is 5.56 Å². The van der Waals surface area contributed by atoms with Crippen LogP contribution in [0.5, 0.6) is 0 Å². The van der Waals surface area contributed by atoms with Crippen molar-refractivity contribution in [1.29, 1.82) is 0 Å². The number of nitrogens with zero attached hydrogens (tertiary/aromatic N) is 1. The molecule has 0 radical (unpaired) electrons. The van der Waals surface area contributed by atoms with Gasteiger partial charge >= 0.3 is 0 Å². The normalized spacial score (nSPS) is 11.1. The zero-order valence-electron chi connectivity index (χ0n) is 9.31. The van der Waals surface area contributed by atoms with Gasteiger partial charge in [-0.1, -0.05) is 23.2 Å². The van der Waals surface area contributed by atoms with E-state index in [9.17, 15) is 4.79 Å². The molecule has 0 aliphatic heterocycles. The lowest BCUT2D eigenvalue weighted by Gasteiger charge is -2.07. The number of benzene rings is 1. The molecule has 0 fully saturated rings. The van der Waals surface area contributed by atoms with Gasteiger partial charge in [0.15, 0.2) is 4.77 Å². The van der Waals surface area contributed by atoms with E-state index in [1.165, 1.54) is 15.9 Å². The molecule has 2 heterocycles. The fourth-order valence-corrected chi connectivity index (χ4v) is 3.49. The van der Waals surface area contributed by atoms with Crippen molar-refractivity contribution in [1.82, 2.24) is 9.55 Å². The molecule has 0 unspecified atom stereocenters. The summed E-state index contributed by atoms with van der Waals surface area (Å²) in [6.07, 6.45) is 0. The fourth-order valence-electron chi connectivity index (χ4n) is 1.84. The number of nitrogens with one attached hydrogen (secondary N) is 1. The van der Waals surface area contributed by atoms with Crippen molar-refractivity contribution in [2.24, 2.45) is 0 Å². The molecule has 3 nitrogen and oxygen atoms in total. The molecule has 3 aromatic rings. The minimum Gasteiger partial charge on any atom is -0.323 e. The van der Waals surface area contributed by atoms with Crippen molar-refractivity contribution < 1.29 is 0 Å². The second-order valence-electron chi connectivity index (χ2n) is 3.86. The minimum atomic E-state index is -0.182. The van der Waals surface area contributed by atoms with Gasteiger partial charge in [0, 0.05) is 10.0 Å². The van der Waals surface area contributed by atoms with Crippen LogP contribution >= 0.6 is 46.8 Å². The summed E-state index contributed by atoms with van der Waals surface area (Å²) < 4.78 is 1.71. The maximum atomic E-state index is 12.4. The predicted molar refractivity (Wildman–Crippen MR) is 82.6 cm³/mol. The van der Waals surface area contributed by atoms with Crippen molar-refractivity contribution in [2.45, 2.75) is 0 Å². The number of rotatable bonds is 1. The first-order chi connectivity index (χ1) is 9.06. The summed E-state index contributed by atoms with van der Waals surface area (Å²) in [5.74, 6) is 0. The van der Waals surface area contributed by atoms with E-state index >= 15 is 0 Å². The summed E-state index contributed by atoms with van der Waals surface area (Å²) in [4.78, 5) is 16.2. The molecule has 3 rings (SSSR count). The fraction of sp³-hybridized carbons (Fsp3) is 0. The largest absolute Gasteiger partial charge is 0.323 e. The zero-order valence-corrected chi connectivity index (χ0v) is 12.5. The number of hydrogen-bond donors (Lipinski definition) is 1. The maximum Gasteiger partial charge on any atom is 0.267 e. The predicted octanol–water partition coefficient (Wildman–Crippen LogP) is 4.42. The van der Waals surface area contributed by atoms with Gasteiger partial charge in [0.05, 0.1) is 11.1 Å². The molecule has 0 bridgehead atoms. The Balaban J connectivity index is 2.42. The Kier molecular flexibility index (Phi) is 3.22. The molecule has 96 valence electrons. The lowest BCUT2D eigenvalue weighted by molar-refractivity contribution is 0.943. The van der Waals surface area contributed by atoms with Crippen molar-refractivity contribution >= 4 is 57.0 Å². The van der Waals surface area contributed by atoms with Crippen LogP contribution in [-0.2, 0) is 0 Å².